The SMILES string of the molecule is COC(=O)C(=O)c1ccc(Cl)cc1C(=O)OC. The van der Waals surface area contributed by atoms with Gasteiger partial charge in [-0.3, -0.25) is 4.79 Å². The molecule has 0 N–H and O–H groups in total. The summed E-state index contributed by atoms with van der Waals surface area (Å²) >= 11 is 5.70. The average molecular weight is 257 g/mol. The second-order valence-corrected chi connectivity index (χ2v) is 3.44. The molecule has 0 unspecified atom stereocenters. The molecule has 90 valence electrons. The van der Waals surface area contributed by atoms with Crippen molar-refractivity contribution < 1.29 is 23.9 Å². The summed E-state index contributed by atoms with van der Waals surface area (Å²) < 4.78 is 8.79. The third-order valence-corrected chi connectivity index (χ3v) is 2.24. The Bertz CT molecular complexity index is 481. The van der Waals surface area contributed by atoms with Gasteiger partial charge in [-0.15, -0.1) is 0 Å². The zero-order valence-corrected chi connectivity index (χ0v) is 9.91. The van der Waals surface area contributed by atoms with Crippen LogP contribution in [-0.2, 0) is 14.3 Å². The lowest BCUT2D eigenvalue weighted by Gasteiger charge is -2.06. The molecule has 0 aliphatic carbocycles. The molecule has 0 aliphatic rings. The number of hydrogen-bond donors (Lipinski definition) is 0. The highest BCUT2D eigenvalue weighted by Crippen LogP contribution is 2.18. The zero-order chi connectivity index (χ0) is 13.0. The third-order valence-electron chi connectivity index (χ3n) is 2.00. The van der Waals surface area contributed by atoms with E-state index in [1.54, 1.807) is 0 Å². The van der Waals surface area contributed by atoms with E-state index in [9.17, 15) is 14.4 Å². The summed E-state index contributed by atoms with van der Waals surface area (Å²) in [6, 6.07) is 3.92. The molecule has 0 saturated heterocycles. The Morgan fingerprint density at radius 1 is 1.06 bits per heavy atom. The van der Waals surface area contributed by atoms with Gasteiger partial charge in [-0.1, -0.05) is 11.6 Å². The van der Waals surface area contributed by atoms with Crippen LogP contribution in [0.25, 0.3) is 0 Å². The molecule has 17 heavy (non-hydrogen) atoms. The molecule has 1 aromatic rings. The summed E-state index contributed by atoms with van der Waals surface area (Å²) in [6.07, 6.45) is 0. The number of methoxy groups -OCH3 is 2. The number of esters is 2. The maximum Gasteiger partial charge on any atom is 0.379 e. The number of carbonyl (C=O) groups excluding carboxylic acids is 3. The van der Waals surface area contributed by atoms with Gasteiger partial charge in [0, 0.05) is 10.6 Å². The number of Topliss-reactive ketones (excluding diaryl/α,β-unsaturated/α-hetero) is 1. The largest absolute Gasteiger partial charge is 0.465 e. The molecule has 0 spiro atoms. The van der Waals surface area contributed by atoms with E-state index in [2.05, 4.69) is 9.47 Å². The van der Waals surface area contributed by atoms with Crippen molar-refractivity contribution in [3.05, 3.63) is 34.3 Å². The van der Waals surface area contributed by atoms with Gasteiger partial charge in [-0.2, -0.15) is 0 Å². The van der Waals surface area contributed by atoms with Crippen LogP contribution in [0, 0.1) is 0 Å². The van der Waals surface area contributed by atoms with Crippen LogP contribution in [0.2, 0.25) is 5.02 Å². The fraction of sp³-hybridized carbons (Fsp3) is 0.182. The quantitative estimate of drug-likeness (QED) is 0.465. The second-order valence-electron chi connectivity index (χ2n) is 3.00. The Morgan fingerprint density at radius 2 is 1.71 bits per heavy atom. The molecule has 5 nitrogen and oxygen atoms in total. The summed E-state index contributed by atoms with van der Waals surface area (Å²) in [5.74, 6) is -2.73. The first-order chi connectivity index (χ1) is 8.01. The molecule has 6 heteroatoms. The number of ketones is 1. The molecule has 0 atom stereocenters. The predicted molar refractivity (Wildman–Crippen MR) is 59.1 cm³/mol. The normalized spacial score (nSPS) is 9.59. The Hall–Kier alpha value is -1.88. The van der Waals surface area contributed by atoms with Gasteiger partial charge < -0.3 is 9.47 Å². The molecule has 0 aromatic heterocycles. The standard InChI is InChI=1S/C11H9ClO5/c1-16-10(14)8-5-6(12)3-4-7(8)9(13)11(15)17-2/h3-5H,1-2H3. The molecule has 0 aliphatic heterocycles. The van der Waals surface area contributed by atoms with Crippen molar-refractivity contribution in [1.29, 1.82) is 0 Å². The number of hydrogen-bond acceptors (Lipinski definition) is 5. The number of rotatable bonds is 3. The molecule has 0 amide bonds. The Balaban J connectivity index is 3.28. The van der Waals surface area contributed by atoms with Crippen LogP contribution in [0.3, 0.4) is 0 Å². The van der Waals surface area contributed by atoms with Crippen molar-refractivity contribution >= 4 is 29.3 Å². The Kier molecular flexibility index (Phi) is 4.23. The minimum atomic E-state index is -1.06. The van der Waals surface area contributed by atoms with E-state index in [1.165, 1.54) is 18.2 Å². The van der Waals surface area contributed by atoms with Gasteiger partial charge in [0.25, 0.3) is 5.78 Å². The molecule has 0 bridgehead atoms. The highest BCUT2D eigenvalue weighted by Gasteiger charge is 2.23. The van der Waals surface area contributed by atoms with Crippen molar-refractivity contribution in [2.75, 3.05) is 14.2 Å². The van der Waals surface area contributed by atoms with E-state index in [-0.39, 0.29) is 16.1 Å². The van der Waals surface area contributed by atoms with Crippen LogP contribution in [0.15, 0.2) is 18.2 Å². The minimum absolute atomic E-state index is 0.0737. The molecular formula is C11H9ClO5. The first kappa shape index (κ1) is 13.2. The zero-order valence-electron chi connectivity index (χ0n) is 9.15. The van der Waals surface area contributed by atoms with E-state index in [0.717, 1.165) is 14.2 Å². The fourth-order valence-electron chi connectivity index (χ4n) is 1.20. The number of carbonyl (C=O) groups is 3. The summed E-state index contributed by atoms with van der Waals surface area (Å²) in [7, 11) is 2.24. The highest BCUT2D eigenvalue weighted by molar-refractivity contribution is 6.42. The fourth-order valence-corrected chi connectivity index (χ4v) is 1.37. The first-order valence-electron chi connectivity index (χ1n) is 4.51. The number of ether oxygens (including phenoxy) is 2. The van der Waals surface area contributed by atoms with Gasteiger partial charge >= 0.3 is 11.9 Å². The molecular weight excluding hydrogens is 248 g/mol. The molecule has 1 aromatic carbocycles. The van der Waals surface area contributed by atoms with Crippen molar-refractivity contribution in [1.82, 2.24) is 0 Å². The van der Waals surface area contributed by atoms with E-state index < -0.39 is 17.7 Å². The van der Waals surface area contributed by atoms with E-state index in [4.69, 9.17) is 11.6 Å². The van der Waals surface area contributed by atoms with Gasteiger partial charge in [0.1, 0.15) is 0 Å². The van der Waals surface area contributed by atoms with Crippen LogP contribution in [0.5, 0.6) is 0 Å². The maximum atomic E-state index is 11.6. The topological polar surface area (TPSA) is 69.7 Å². The second kappa shape index (κ2) is 5.45. The molecule has 0 saturated carbocycles. The Labute approximate surface area is 102 Å². The number of halogens is 1. The van der Waals surface area contributed by atoms with Crippen LogP contribution < -0.4 is 0 Å². The predicted octanol–water partition coefficient (Wildman–Crippen LogP) is 1.48. The third kappa shape index (κ3) is 2.82. The molecule has 0 heterocycles. The van der Waals surface area contributed by atoms with Gasteiger partial charge in [0.15, 0.2) is 0 Å². The maximum absolute atomic E-state index is 11.6. The summed E-state index contributed by atoms with van der Waals surface area (Å²) in [6.45, 7) is 0. The van der Waals surface area contributed by atoms with Gasteiger partial charge in [0.2, 0.25) is 0 Å². The van der Waals surface area contributed by atoms with Crippen LogP contribution in [0.4, 0.5) is 0 Å². The van der Waals surface area contributed by atoms with Gasteiger partial charge in [-0.25, -0.2) is 9.59 Å². The van der Waals surface area contributed by atoms with Crippen molar-refractivity contribution in [3.63, 3.8) is 0 Å². The van der Waals surface area contributed by atoms with E-state index >= 15 is 0 Å². The summed E-state index contributed by atoms with van der Waals surface area (Å²) in [5.41, 5.74) is -0.177. The number of benzene rings is 1. The average Bonchev–Trinajstić information content (AvgIpc) is 2.35. The van der Waals surface area contributed by atoms with Gasteiger partial charge in [-0.05, 0) is 18.2 Å². The van der Waals surface area contributed by atoms with Crippen LogP contribution in [0.1, 0.15) is 20.7 Å². The van der Waals surface area contributed by atoms with Crippen molar-refractivity contribution in [2.24, 2.45) is 0 Å². The minimum Gasteiger partial charge on any atom is -0.465 e. The lowest BCUT2D eigenvalue weighted by Crippen LogP contribution is -2.19. The highest BCUT2D eigenvalue weighted by atomic mass is 35.5. The lowest BCUT2D eigenvalue weighted by atomic mass is 10.0. The molecule has 0 fully saturated rings. The van der Waals surface area contributed by atoms with E-state index in [1.807, 2.05) is 0 Å². The van der Waals surface area contributed by atoms with E-state index in [0.29, 0.717) is 0 Å². The monoisotopic (exact) mass is 256 g/mol. The van der Waals surface area contributed by atoms with Crippen molar-refractivity contribution in [2.45, 2.75) is 0 Å². The molecule has 1 rings (SSSR count). The Morgan fingerprint density at radius 3 is 2.24 bits per heavy atom. The summed E-state index contributed by atoms with van der Waals surface area (Å²) in [5, 5.41) is 0.256. The molecule has 0 radical (unpaired) electrons. The van der Waals surface area contributed by atoms with Crippen molar-refractivity contribution in [3.8, 4) is 0 Å². The smallest absolute Gasteiger partial charge is 0.379 e. The van der Waals surface area contributed by atoms with Crippen LogP contribution >= 0.6 is 11.6 Å². The lowest BCUT2D eigenvalue weighted by molar-refractivity contribution is -0.135. The van der Waals surface area contributed by atoms with Crippen LogP contribution in [-0.4, -0.2) is 31.9 Å². The summed E-state index contributed by atoms with van der Waals surface area (Å²) in [4.78, 5) is 34.1. The van der Waals surface area contributed by atoms with Gasteiger partial charge in [0.05, 0.1) is 19.8 Å². The first-order valence-corrected chi connectivity index (χ1v) is 4.89.